The average molecular weight is 303 g/mol. The number of nitrogens with one attached hydrogen (secondary N) is 1. The normalized spacial score (nSPS) is 10.7. The highest BCUT2D eigenvalue weighted by Crippen LogP contribution is 2.21. The first-order valence-corrected chi connectivity index (χ1v) is 7.49. The Balaban J connectivity index is 3.02. The number of methoxy groups -OCH3 is 1. The summed E-state index contributed by atoms with van der Waals surface area (Å²) >= 11 is 5.85. The molecule has 0 radical (unpaired) electrons. The van der Waals surface area contributed by atoms with Crippen molar-refractivity contribution in [1.82, 2.24) is 0 Å². The molecule has 0 bridgehead atoms. The molecular formula is C12H15ClN2O3S. The molecule has 7 heteroatoms. The van der Waals surface area contributed by atoms with Crippen LogP contribution in [0.15, 0.2) is 18.2 Å². The summed E-state index contributed by atoms with van der Waals surface area (Å²) < 4.78 is 30.8. The molecule has 1 aromatic rings. The molecule has 0 atom stereocenters. The second-order valence-electron chi connectivity index (χ2n) is 3.61. The molecule has 19 heavy (non-hydrogen) atoms. The monoisotopic (exact) mass is 302 g/mol. The van der Waals surface area contributed by atoms with Crippen LogP contribution in [0.2, 0.25) is 5.02 Å². The Labute approximate surface area is 118 Å². The van der Waals surface area contributed by atoms with Gasteiger partial charge in [0.2, 0.25) is 10.0 Å². The number of benzene rings is 1. The summed E-state index contributed by atoms with van der Waals surface area (Å²) in [4.78, 5) is 0. The number of nitrogens with two attached hydrogens (primary N) is 1. The summed E-state index contributed by atoms with van der Waals surface area (Å²) in [6, 6.07) is 4.78. The fourth-order valence-electron chi connectivity index (χ4n) is 1.27. The molecule has 3 N–H and O–H groups in total. The first kappa shape index (κ1) is 15.8. The maximum absolute atomic E-state index is 11.8. The van der Waals surface area contributed by atoms with Gasteiger partial charge in [0.1, 0.15) is 0 Å². The largest absolute Gasteiger partial charge is 0.384 e. The van der Waals surface area contributed by atoms with Gasteiger partial charge in [-0.25, -0.2) is 8.42 Å². The van der Waals surface area contributed by atoms with Crippen LogP contribution in [0.5, 0.6) is 0 Å². The number of anilines is 1. The van der Waals surface area contributed by atoms with Gasteiger partial charge < -0.3 is 10.5 Å². The number of halogens is 1. The van der Waals surface area contributed by atoms with Crippen molar-refractivity contribution in [3.63, 3.8) is 0 Å². The molecule has 0 aliphatic heterocycles. The van der Waals surface area contributed by atoms with Crippen LogP contribution >= 0.6 is 11.6 Å². The van der Waals surface area contributed by atoms with Gasteiger partial charge in [0.15, 0.2) is 0 Å². The highest BCUT2D eigenvalue weighted by atomic mass is 35.5. The van der Waals surface area contributed by atoms with Crippen LogP contribution in [0.1, 0.15) is 5.56 Å². The van der Waals surface area contributed by atoms with Gasteiger partial charge in [-0.15, -0.1) is 0 Å². The number of rotatable bonds is 5. The second kappa shape index (κ2) is 7.36. The van der Waals surface area contributed by atoms with E-state index >= 15 is 0 Å². The van der Waals surface area contributed by atoms with E-state index in [1.807, 2.05) is 0 Å². The molecule has 0 aromatic heterocycles. The second-order valence-corrected chi connectivity index (χ2v) is 5.89. The van der Waals surface area contributed by atoms with E-state index in [0.717, 1.165) is 0 Å². The quantitative estimate of drug-likeness (QED) is 0.796. The molecule has 0 fully saturated rings. The molecule has 104 valence electrons. The van der Waals surface area contributed by atoms with E-state index in [0.29, 0.717) is 16.3 Å². The molecule has 1 aromatic carbocycles. The van der Waals surface area contributed by atoms with Crippen molar-refractivity contribution < 1.29 is 13.2 Å². The summed E-state index contributed by atoms with van der Waals surface area (Å²) in [5, 5.41) is 0.419. The van der Waals surface area contributed by atoms with E-state index < -0.39 is 10.0 Å². The minimum Gasteiger partial charge on any atom is -0.384 e. The molecule has 0 saturated heterocycles. The van der Waals surface area contributed by atoms with Crippen molar-refractivity contribution in [3.05, 3.63) is 28.8 Å². The number of sulfonamides is 1. The summed E-state index contributed by atoms with van der Waals surface area (Å²) in [6.07, 6.45) is 0. The molecule has 0 amide bonds. The fourth-order valence-corrected chi connectivity index (χ4v) is 2.43. The molecule has 1 rings (SSSR count). The average Bonchev–Trinajstić information content (AvgIpc) is 2.35. The van der Waals surface area contributed by atoms with E-state index in [4.69, 9.17) is 22.1 Å². The Morgan fingerprint density at radius 3 is 2.84 bits per heavy atom. The van der Waals surface area contributed by atoms with Crippen LogP contribution in [0.4, 0.5) is 5.69 Å². The van der Waals surface area contributed by atoms with Gasteiger partial charge in [-0.3, -0.25) is 4.72 Å². The summed E-state index contributed by atoms with van der Waals surface area (Å²) in [7, 11) is -2.06. The van der Waals surface area contributed by atoms with Crippen LogP contribution in [-0.4, -0.2) is 34.4 Å². The van der Waals surface area contributed by atoms with Gasteiger partial charge in [0.05, 0.1) is 24.6 Å². The maximum Gasteiger partial charge on any atom is 0.235 e. The SMILES string of the molecule is COCCS(=O)(=O)Nc1cc(Cl)ccc1C#CCN. The first-order valence-electron chi connectivity index (χ1n) is 5.46. The molecular weight excluding hydrogens is 288 g/mol. The van der Waals surface area contributed by atoms with E-state index in [2.05, 4.69) is 16.6 Å². The van der Waals surface area contributed by atoms with Gasteiger partial charge in [0, 0.05) is 17.7 Å². The lowest BCUT2D eigenvalue weighted by atomic mass is 10.2. The number of hydrogen-bond acceptors (Lipinski definition) is 4. The number of ether oxygens (including phenoxy) is 1. The topological polar surface area (TPSA) is 81.4 Å². The van der Waals surface area contributed by atoms with Crippen LogP contribution in [0.25, 0.3) is 0 Å². The predicted molar refractivity (Wildman–Crippen MR) is 76.7 cm³/mol. The first-order chi connectivity index (χ1) is 8.98. The van der Waals surface area contributed by atoms with E-state index in [9.17, 15) is 8.42 Å². The van der Waals surface area contributed by atoms with Gasteiger partial charge in [0.25, 0.3) is 0 Å². The summed E-state index contributed by atoms with van der Waals surface area (Å²) in [5.74, 6) is 5.32. The van der Waals surface area contributed by atoms with Crippen LogP contribution in [-0.2, 0) is 14.8 Å². The molecule has 0 spiro atoms. The Hall–Kier alpha value is -1.26. The molecule has 0 aliphatic rings. The lowest BCUT2D eigenvalue weighted by molar-refractivity contribution is 0.217. The summed E-state index contributed by atoms with van der Waals surface area (Å²) in [6.45, 7) is 0.304. The van der Waals surface area contributed by atoms with Crippen LogP contribution in [0.3, 0.4) is 0 Å². The van der Waals surface area contributed by atoms with E-state index in [-0.39, 0.29) is 18.9 Å². The van der Waals surface area contributed by atoms with Gasteiger partial charge in [-0.1, -0.05) is 23.4 Å². The third kappa shape index (κ3) is 5.49. The third-order valence-electron chi connectivity index (χ3n) is 2.13. The van der Waals surface area contributed by atoms with Gasteiger partial charge in [-0.05, 0) is 18.2 Å². The van der Waals surface area contributed by atoms with Crippen molar-refractivity contribution in [1.29, 1.82) is 0 Å². The van der Waals surface area contributed by atoms with Crippen molar-refractivity contribution in [2.45, 2.75) is 0 Å². The highest BCUT2D eigenvalue weighted by Gasteiger charge is 2.12. The minimum absolute atomic E-state index is 0.111. The molecule has 0 heterocycles. The Morgan fingerprint density at radius 2 is 2.21 bits per heavy atom. The Morgan fingerprint density at radius 1 is 1.47 bits per heavy atom. The predicted octanol–water partition coefficient (Wildman–Crippen LogP) is 1.04. The van der Waals surface area contributed by atoms with Gasteiger partial charge >= 0.3 is 0 Å². The Kier molecular flexibility index (Phi) is 6.12. The Bertz CT molecular complexity index is 591. The zero-order valence-corrected chi connectivity index (χ0v) is 12.0. The van der Waals surface area contributed by atoms with Crippen LogP contribution < -0.4 is 10.5 Å². The van der Waals surface area contributed by atoms with Crippen molar-refractivity contribution in [2.24, 2.45) is 5.73 Å². The van der Waals surface area contributed by atoms with Crippen LogP contribution in [0, 0.1) is 11.8 Å². The standard InChI is InChI=1S/C12H15ClN2O3S/c1-18-7-8-19(16,17)15-12-9-11(13)5-4-10(12)3-2-6-14/h4-5,9,15H,6-8,14H2,1H3. The fraction of sp³-hybridized carbons (Fsp3) is 0.333. The zero-order valence-electron chi connectivity index (χ0n) is 10.4. The molecule has 0 unspecified atom stereocenters. The van der Waals surface area contributed by atoms with Gasteiger partial charge in [-0.2, -0.15) is 0 Å². The zero-order chi connectivity index (χ0) is 14.3. The highest BCUT2D eigenvalue weighted by molar-refractivity contribution is 7.92. The lowest BCUT2D eigenvalue weighted by Crippen LogP contribution is -2.20. The van der Waals surface area contributed by atoms with E-state index in [1.165, 1.54) is 13.2 Å². The van der Waals surface area contributed by atoms with Crippen molar-refractivity contribution in [3.8, 4) is 11.8 Å². The smallest absolute Gasteiger partial charge is 0.235 e. The third-order valence-corrected chi connectivity index (χ3v) is 3.60. The number of hydrogen-bond donors (Lipinski definition) is 2. The molecule has 5 nitrogen and oxygen atoms in total. The lowest BCUT2D eigenvalue weighted by Gasteiger charge is -2.10. The van der Waals surface area contributed by atoms with Crippen molar-refractivity contribution in [2.75, 3.05) is 30.7 Å². The minimum atomic E-state index is -3.49. The molecule has 0 aliphatic carbocycles. The molecule has 0 saturated carbocycles. The van der Waals surface area contributed by atoms with E-state index in [1.54, 1.807) is 12.1 Å². The summed E-state index contributed by atoms with van der Waals surface area (Å²) in [5.41, 5.74) is 6.16. The maximum atomic E-state index is 11.8. The van der Waals surface area contributed by atoms with Crippen molar-refractivity contribution >= 4 is 27.3 Å².